The number of ether oxygens (including phenoxy) is 2. The highest BCUT2D eigenvalue weighted by Crippen LogP contribution is 2.43. The Balaban J connectivity index is 1.77. The number of aliphatic hydroxyl groups is 1. The predicted octanol–water partition coefficient (Wildman–Crippen LogP) is 5.47. The van der Waals surface area contributed by atoms with Gasteiger partial charge in [0.2, 0.25) is 5.78 Å². The zero-order valence-corrected chi connectivity index (χ0v) is 20.2. The Hall–Kier alpha value is -2.81. The lowest BCUT2D eigenvalue weighted by Crippen LogP contribution is -2.34. The van der Waals surface area contributed by atoms with Crippen LogP contribution >= 0.6 is 22.9 Å². The van der Waals surface area contributed by atoms with E-state index >= 15 is 0 Å². The van der Waals surface area contributed by atoms with Gasteiger partial charge in [-0.3, -0.25) is 9.59 Å². The number of ketones is 1. The zero-order chi connectivity index (χ0) is 23.9. The number of furan rings is 1. The summed E-state index contributed by atoms with van der Waals surface area (Å²) in [4.78, 5) is 28.9. The van der Waals surface area contributed by atoms with Crippen LogP contribution in [0.3, 0.4) is 0 Å². The van der Waals surface area contributed by atoms with E-state index in [1.807, 2.05) is 32.2 Å². The van der Waals surface area contributed by atoms with E-state index in [-0.39, 0.29) is 30.6 Å². The van der Waals surface area contributed by atoms with E-state index in [4.69, 9.17) is 25.5 Å². The minimum atomic E-state index is -0.737. The predicted molar refractivity (Wildman–Crippen MR) is 126 cm³/mol. The first-order chi connectivity index (χ1) is 15.7. The third kappa shape index (κ3) is 4.26. The molecule has 0 fully saturated rings. The first-order valence-electron chi connectivity index (χ1n) is 10.4. The number of benzene rings is 1. The molecule has 0 saturated carbocycles. The molecule has 1 amide bonds. The van der Waals surface area contributed by atoms with Gasteiger partial charge in [0.25, 0.3) is 5.91 Å². The molecular formula is C24H24ClNO6S. The number of hydrogen-bond acceptors (Lipinski definition) is 7. The zero-order valence-electron chi connectivity index (χ0n) is 18.7. The lowest BCUT2D eigenvalue weighted by Gasteiger charge is -2.26. The van der Waals surface area contributed by atoms with Crippen LogP contribution in [0, 0.1) is 6.92 Å². The van der Waals surface area contributed by atoms with E-state index in [2.05, 4.69) is 0 Å². The molecule has 0 aliphatic carbocycles. The molecule has 1 aromatic carbocycles. The number of methoxy groups -OCH3 is 1. The lowest BCUT2D eigenvalue weighted by molar-refractivity contribution is -0.130. The van der Waals surface area contributed by atoms with Gasteiger partial charge in [-0.15, -0.1) is 11.3 Å². The lowest BCUT2D eigenvalue weighted by atomic mass is 9.98. The normalized spacial score (nSPS) is 16.5. The van der Waals surface area contributed by atoms with Crippen molar-refractivity contribution in [2.24, 2.45) is 0 Å². The molecule has 1 N–H and O–H groups in total. The Labute approximate surface area is 200 Å². The molecule has 4 rings (SSSR count). The van der Waals surface area contributed by atoms with Crippen molar-refractivity contribution in [3.8, 4) is 5.75 Å². The van der Waals surface area contributed by atoms with E-state index in [0.717, 1.165) is 10.4 Å². The Bertz CT molecular complexity index is 1260. The van der Waals surface area contributed by atoms with E-state index < -0.39 is 23.5 Å². The third-order valence-electron chi connectivity index (χ3n) is 5.47. The van der Waals surface area contributed by atoms with Crippen molar-refractivity contribution in [3.63, 3.8) is 0 Å². The second-order valence-corrected chi connectivity index (χ2v) is 9.40. The first kappa shape index (κ1) is 23.4. The number of nitrogens with zero attached hydrogens (tertiary/aromatic N) is 1. The van der Waals surface area contributed by atoms with Crippen LogP contribution in [-0.2, 0) is 9.53 Å². The van der Waals surface area contributed by atoms with Crippen molar-refractivity contribution in [2.45, 2.75) is 32.9 Å². The molecular weight excluding hydrogens is 466 g/mol. The Kier molecular flexibility index (Phi) is 6.52. The maximum Gasteiger partial charge on any atom is 0.290 e. The fraction of sp³-hybridized carbons (Fsp3) is 0.333. The molecule has 1 unspecified atom stereocenters. The Morgan fingerprint density at radius 3 is 2.73 bits per heavy atom. The number of Topliss-reactive ketones (excluding diaryl/α,β-unsaturated/α-hetero) is 1. The average molecular weight is 490 g/mol. The fourth-order valence-electron chi connectivity index (χ4n) is 3.92. The smallest absolute Gasteiger partial charge is 0.290 e. The highest BCUT2D eigenvalue weighted by Gasteiger charge is 2.45. The molecule has 0 saturated heterocycles. The number of aryl methyl sites for hydroxylation is 1. The maximum absolute atomic E-state index is 13.6. The van der Waals surface area contributed by atoms with Crippen LogP contribution in [0.5, 0.6) is 5.75 Å². The summed E-state index contributed by atoms with van der Waals surface area (Å²) >= 11 is 7.56. The fourth-order valence-corrected chi connectivity index (χ4v) is 5.19. The molecule has 1 aliphatic rings. The number of halogens is 1. The molecule has 1 atom stereocenters. The highest BCUT2D eigenvalue weighted by atomic mass is 35.5. The molecule has 1 aliphatic heterocycles. The molecule has 2 aromatic heterocycles. The number of carbonyl (C=O) groups is 2. The first-order valence-corrected chi connectivity index (χ1v) is 11.7. The van der Waals surface area contributed by atoms with Crippen molar-refractivity contribution < 1.29 is 28.6 Å². The van der Waals surface area contributed by atoms with Gasteiger partial charge in [-0.2, -0.15) is 0 Å². The van der Waals surface area contributed by atoms with E-state index in [1.54, 1.807) is 18.2 Å². The standard InChI is InChI=1S/C24H24ClNO6S/c1-12(2)31-7-6-26-19(23-13(3)5-8-33-23)18(21(28)24(26)29)20(27)16-10-14-9-15(25)11-17(30-4)22(14)32-16/h5,8-12,19,28H,6-7H2,1-4H3. The molecule has 0 bridgehead atoms. The van der Waals surface area contributed by atoms with E-state index in [0.29, 0.717) is 21.7 Å². The van der Waals surface area contributed by atoms with Gasteiger partial charge >= 0.3 is 0 Å². The van der Waals surface area contributed by atoms with Crippen molar-refractivity contribution >= 4 is 45.6 Å². The summed E-state index contributed by atoms with van der Waals surface area (Å²) in [7, 11) is 1.48. The van der Waals surface area contributed by atoms with Gasteiger partial charge in [0.1, 0.15) is 6.04 Å². The summed E-state index contributed by atoms with van der Waals surface area (Å²) in [6.45, 7) is 6.21. The molecule has 7 nitrogen and oxygen atoms in total. The van der Waals surface area contributed by atoms with Gasteiger partial charge in [0.15, 0.2) is 22.9 Å². The summed E-state index contributed by atoms with van der Waals surface area (Å²) in [6, 6.07) is 5.97. The second-order valence-electron chi connectivity index (χ2n) is 8.02. The van der Waals surface area contributed by atoms with Gasteiger partial charge in [-0.25, -0.2) is 0 Å². The summed E-state index contributed by atoms with van der Waals surface area (Å²) in [6.07, 6.45) is -0.00959. The van der Waals surface area contributed by atoms with Crippen LogP contribution in [0.15, 0.2) is 45.4 Å². The van der Waals surface area contributed by atoms with Gasteiger partial charge in [-0.1, -0.05) is 11.6 Å². The number of aliphatic hydroxyl groups excluding tert-OH is 1. The number of amides is 1. The number of thiophene rings is 1. The highest BCUT2D eigenvalue weighted by molar-refractivity contribution is 7.10. The summed E-state index contributed by atoms with van der Waals surface area (Å²) in [5.74, 6) is -1.39. The maximum atomic E-state index is 13.6. The summed E-state index contributed by atoms with van der Waals surface area (Å²) in [5, 5.41) is 13.7. The van der Waals surface area contributed by atoms with Gasteiger partial charge in [0, 0.05) is 27.9 Å². The van der Waals surface area contributed by atoms with Crippen molar-refractivity contribution in [3.05, 3.63) is 62.2 Å². The largest absolute Gasteiger partial charge is 0.503 e. The molecule has 0 radical (unpaired) electrons. The van der Waals surface area contributed by atoms with Crippen LogP contribution in [0.4, 0.5) is 0 Å². The van der Waals surface area contributed by atoms with Gasteiger partial charge in [0.05, 0.1) is 25.4 Å². The van der Waals surface area contributed by atoms with Crippen LogP contribution in [0.25, 0.3) is 11.0 Å². The number of hydrogen-bond donors (Lipinski definition) is 1. The van der Waals surface area contributed by atoms with Crippen molar-refractivity contribution in [1.29, 1.82) is 0 Å². The molecule has 9 heteroatoms. The quantitative estimate of drug-likeness (QED) is 0.422. The van der Waals surface area contributed by atoms with E-state index in [1.165, 1.54) is 23.3 Å². The van der Waals surface area contributed by atoms with Gasteiger partial charge < -0.3 is 23.9 Å². The molecule has 33 heavy (non-hydrogen) atoms. The number of fused-ring (bicyclic) bond motifs is 1. The summed E-state index contributed by atoms with van der Waals surface area (Å²) in [5.41, 5.74) is 1.27. The average Bonchev–Trinajstić information content (AvgIpc) is 3.44. The van der Waals surface area contributed by atoms with Crippen molar-refractivity contribution in [2.75, 3.05) is 20.3 Å². The Morgan fingerprint density at radius 2 is 2.09 bits per heavy atom. The monoisotopic (exact) mass is 489 g/mol. The second kappa shape index (κ2) is 9.21. The minimum Gasteiger partial charge on any atom is -0.503 e. The van der Waals surface area contributed by atoms with E-state index in [9.17, 15) is 14.7 Å². The Morgan fingerprint density at radius 1 is 1.33 bits per heavy atom. The molecule has 3 heterocycles. The van der Waals surface area contributed by atoms with Gasteiger partial charge in [-0.05, 0) is 49.9 Å². The molecule has 0 spiro atoms. The van der Waals surface area contributed by atoms with Crippen LogP contribution in [0.1, 0.15) is 40.9 Å². The topological polar surface area (TPSA) is 89.2 Å². The SMILES string of the molecule is COc1cc(Cl)cc2cc(C(=O)C3=C(O)C(=O)N(CCOC(C)C)C3c3sccc3C)oc12. The number of carbonyl (C=O) groups excluding carboxylic acids is 2. The third-order valence-corrected chi connectivity index (χ3v) is 6.76. The van der Waals surface area contributed by atoms with Crippen LogP contribution in [-0.4, -0.2) is 48.1 Å². The molecule has 3 aromatic rings. The summed E-state index contributed by atoms with van der Waals surface area (Å²) < 4.78 is 16.8. The van der Waals surface area contributed by atoms with Crippen molar-refractivity contribution in [1.82, 2.24) is 4.90 Å². The number of rotatable bonds is 8. The molecule has 174 valence electrons. The van der Waals surface area contributed by atoms with Crippen LogP contribution < -0.4 is 4.74 Å². The minimum absolute atomic E-state index is 0.00959. The van der Waals surface area contributed by atoms with Crippen LogP contribution in [0.2, 0.25) is 5.02 Å².